The summed E-state index contributed by atoms with van der Waals surface area (Å²) in [6.07, 6.45) is 4.06. The van der Waals surface area contributed by atoms with Gasteiger partial charge in [-0.05, 0) is 56.0 Å². The van der Waals surface area contributed by atoms with Crippen molar-refractivity contribution in [2.24, 2.45) is 0 Å². The fraction of sp³-hybridized carbons (Fsp3) is 0.579. The molecular formula is C19H31N3O2. The Kier molecular flexibility index (Phi) is 9.77. The molecule has 1 aromatic carbocycles. The molecule has 1 aromatic rings. The van der Waals surface area contributed by atoms with E-state index in [1.54, 1.807) is 7.05 Å². The number of amides is 1. The van der Waals surface area contributed by atoms with Gasteiger partial charge in [-0.3, -0.25) is 4.79 Å². The highest BCUT2D eigenvalue weighted by molar-refractivity contribution is 5.76. The molecule has 0 radical (unpaired) electrons. The lowest BCUT2D eigenvalue weighted by molar-refractivity contribution is -0.120. The smallest absolute Gasteiger partial charge is 0.219 e. The van der Waals surface area contributed by atoms with Crippen molar-refractivity contribution in [1.29, 1.82) is 0 Å². The lowest BCUT2D eigenvalue weighted by atomic mass is 9.90. The highest BCUT2D eigenvalue weighted by Gasteiger charge is 2.15. The SMILES string of the molecule is CC.CNC(=O)CCC(C=O)Nc1ccc(C2CCNCC2)cc1. The van der Waals surface area contributed by atoms with E-state index in [1.165, 1.54) is 18.4 Å². The summed E-state index contributed by atoms with van der Waals surface area (Å²) in [6, 6.07) is 7.99. The molecule has 1 heterocycles. The largest absolute Gasteiger partial charge is 0.376 e. The summed E-state index contributed by atoms with van der Waals surface area (Å²) in [4.78, 5) is 22.4. The van der Waals surface area contributed by atoms with Gasteiger partial charge in [0.25, 0.3) is 0 Å². The van der Waals surface area contributed by atoms with Gasteiger partial charge in [-0.25, -0.2) is 0 Å². The Balaban J connectivity index is 0.00000139. The van der Waals surface area contributed by atoms with Crippen LogP contribution in [0, 0.1) is 0 Å². The van der Waals surface area contributed by atoms with E-state index in [1.807, 2.05) is 26.0 Å². The number of carbonyl (C=O) groups is 2. The number of hydrogen-bond acceptors (Lipinski definition) is 4. The average molecular weight is 333 g/mol. The van der Waals surface area contributed by atoms with Crippen LogP contribution in [0.2, 0.25) is 0 Å². The van der Waals surface area contributed by atoms with Gasteiger partial charge in [-0.15, -0.1) is 0 Å². The zero-order chi connectivity index (χ0) is 17.8. The van der Waals surface area contributed by atoms with Gasteiger partial charge in [0.15, 0.2) is 0 Å². The lowest BCUT2D eigenvalue weighted by Gasteiger charge is -2.23. The summed E-state index contributed by atoms with van der Waals surface area (Å²) in [5.74, 6) is 0.584. The Morgan fingerprint density at radius 3 is 2.42 bits per heavy atom. The number of benzene rings is 1. The maximum Gasteiger partial charge on any atom is 0.219 e. The predicted molar refractivity (Wildman–Crippen MR) is 99.4 cm³/mol. The first-order valence-electron chi connectivity index (χ1n) is 8.96. The van der Waals surface area contributed by atoms with E-state index in [2.05, 4.69) is 28.1 Å². The molecule has 134 valence electrons. The number of carbonyl (C=O) groups excluding carboxylic acids is 2. The second-order valence-electron chi connectivity index (χ2n) is 5.75. The van der Waals surface area contributed by atoms with Gasteiger partial charge in [-0.2, -0.15) is 0 Å². The van der Waals surface area contributed by atoms with E-state index in [9.17, 15) is 9.59 Å². The average Bonchev–Trinajstić information content (AvgIpc) is 2.67. The molecule has 24 heavy (non-hydrogen) atoms. The van der Waals surface area contributed by atoms with Crippen LogP contribution in [0.15, 0.2) is 24.3 Å². The van der Waals surface area contributed by atoms with Gasteiger partial charge in [0, 0.05) is 19.2 Å². The van der Waals surface area contributed by atoms with E-state index >= 15 is 0 Å². The molecule has 1 unspecified atom stereocenters. The lowest BCUT2D eigenvalue weighted by Crippen LogP contribution is -2.26. The second kappa shape index (κ2) is 11.6. The molecule has 0 aliphatic carbocycles. The molecule has 1 amide bonds. The number of rotatable bonds is 7. The van der Waals surface area contributed by atoms with E-state index in [0.29, 0.717) is 18.8 Å². The summed E-state index contributed by atoms with van der Waals surface area (Å²) < 4.78 is 0. The summed E-state index contributed by atoms with van der Waals surface area (Å²) in [6.45, 7) is 6.16. The van der Waals surface area contributed by atoms with E-state index in [4.69, 9.17) is 0 Å². The Hall–Kier alpha value is -1.88. The molecule has 3 N–H and O–H groups in total. The van der Waals surface area contributed by atoms with Crippen molar-refractivity contribution in [3.63, 3.8) is 0 Å². The number of anilines is 1. The first-order chi connectivity index (χ1) is 11.7. The normalized spacial score (nSPS) is 15.6. The van der Waals surface area contributed by atoms with Crippen molar-refractivity contribution in [2.75, 3.05) is 25.5 Å². The molecule has 1 aliphatic heterocycles. The number of nitrogens with one attached hydrogen (secondary N) is 3. The number of hydrogen-bond donors (Lipinski definition) is 3. The number of aldehydes is 1. The summed E-state index contributed by atoms with van der Waals surface area (Å²) in [7, 11) is 1.60. The van der Waals surface area contributed by atoms with Gasteiger partial charge in [0.2, 0.25) is 5.91 Å². The Labute approximate surface area is 145 Å². The zero-order valence-corrected chi connectivity index (χ0v) is 15.1. The third-order valence-corrected chi connectivity index (χ3v) is 4.20. The molecule has 5 nitrogen and oxygen atoms in total. The maximum atomic E-state index is 11.2. The van der Waals surface area contributed by atoms with Crippen LogP contribution in [0.4, 0.5) is 5.69 Å². The minimum absolute atomic E-state index is 0.0464. The molecule has 0 saturated carbocycles. The number of piperidine rings is 1. The van der Waals surface area contributed by atoms with Crippen LogP contribution < -0.4 is 16.0 Å². The second-order valence-corrected chi connectivity index (χ2v) is 5.75. The van der Waals surface area contributed by atoms with Crippen molar-refractivity contribution >= 4 is 17.9 Å². The van der Waals surface area contributed by atoms with Gasteiger partial charge in [-0.1, -0.05) is 26.0 Å². The van der Waals surface area contributed by atoms with Crippen LogP contribution in [0.3, 0.4) is 0 Å². The van der Waals surface area contributed by atoms with Crippen LogP contribution in [0.5, 0.6) is 0 Å². The Bertz CT molecular complexity index is 482. The van der Waals surface area contributed by atoms with Gasteiger partial charge in [0.05, 0.1) is 6.04 Å². The molecule has 2 rings (SSSR count). The van der Waals surface area contributed by atoms with Gasteiger partial charge >= 0.3 is 0 Å². The summed E-state index contributed by atoms with van der Waals surface area (Å²) in [5, 5.41) is 9.12. The van der Waals surface area contributed by atoms with Crippen LogP contribution in [-0.4, -0.2) is 38.4 Å². The Morgan fingerprint density at radius 2 is 1.88 bits per heavy atom. The third-order valence-electron chi connectivity index (χ3n) is 4.20. The van der Waals surface area contributed by atoms with Crippen molar-refractivity contribution in [2.45, 2.75) is 51.5 Å². The first kappa shape index (κ1) is 20.2. The molecule has 0 spiro atoms. The van der Waals surface area contributed by atoms with E-state index in [0.717, 1.165) is 25.1 Å². The molecule has 1 atom stereocenters. The molecule has 0 aromatic heterocycles. The summed E-state index contributed by atoms with van der Waals surface area (Å²) >= 11 is 0. The molecule has 1 saturated heterocycles. The maximum absolute atomic E-state index is 11.2. The minimum Gasteiger partial charge on any atom is -0.376 e. The predicted octanol–water partition coefficient (Wildman–Crippen LogP) is 2.69. The highest BCUT2D eigenvalue weighted by atomic mass is 16.1. The van der Waals surface area contributed by atoms with E-state index < -0.39 is 0 Å². The quantitative estimate of drug-likeness (QED) is 0.671. The van der Waals surface area contributed by atoms with Gasteiger partial charge < -0.3 is 20.7 Å². The van der Waals surface area contributed by atoms with Crippen molar-refractivity contribution < 1.29 is 9.59 Å². The van der Waals surface area contributed by atoms with Crippen LogP contribution in [0.1, 0.15) is 51.0 Å². The van der Waals surface area contributed by atoms with E-state index in [-0.39, 0.29) is 11.9 Å². The van der Waals surface area contributed by atoms with Crippen molar-refractivity contribution in [3.05, 3.63) is 29.8 Å². The minimum atomic E-state index is -0.331. The van der Waals surface area contributed by atoms with Crippen molar-refractivity contribution in [3.8, 4) is 0 Å². The molecule has 1 aliphatic rings. The standard InChI is InChI=1S/C17H25N3O2.C2H6/c1-18-17(22)7-6-16(12-21)20-15-4-2-13(3-5-15)14-8-10-19-11-9-14;1-2/h2-5,12,14,16,19-20H,6-11H2,1H3,(H,18,22);1-2H3. The topological polar surface area (TPSA) is 70.2 Å². The fourth-order valence-electron chi connectivity index (χ4n) is 2.81. The zero-order valence-electron chi connectivity index (χ0n) is 15.1. The molecule has 5 heteroatoms. The fourth-order valence-corrected chi connectivity index (χ4v) is 2.81. The van der Waals surface area contributed by atoms with Crippen molar-refractivity contribution in [1.82, 2.24) is 10.6 Å². The Morgan fingerprint density at radius 1 is 1.25 bits per heavy atom. The molecule has 0 bridgehead atoms. The van der Waals surface area contributed by atoms with Crippen LogP contribution in [-0.2, 0) is 9.59 Å². The van der Waals surface area contributed by atoms with Crippen LogP contribution in [0.25, 0.3) is 0 Å². The monoisotopic (exact) mass is 333 g/mol. The highest BCUT2D eigenvalue weighted by Crippen LogP contribution is 2.26. The first-order valence-corrected chi connectivity index (χ1v) is 8.96. The third kappa shape index (κ3) is 6.71. The molecular weight excluding hydrogens is 302 g/mol. The van der Waals surface area contributed by atoms with Crippen LogP contribution >= 0.6 is 0 Å². The van der Waals surface area contributed by atoms with Gasteiger partial charge in [0.1, 0.15) is 6.29 Å². The molecule has 1 fully saturated rings. The summed E-state index contributed by atoms with van der Waals surface area (Å²) in [5.41, 5.74) is 2.28.